The van der Waals surface area contributed by atoms with E-state index in [-0.39, 0.29) is 12.3 Å². The number of carbonyl (C=O) groups excluding carboxylic acids is 2. The number of hydrogen-bond acceptors (Lipinski definition) is 5. The third kappa shape index (κ3) is 7.39. The van der Waals surface area contributed by atoms with Gasteiger partial charge in [0.2, 0.25) is 11.8 Å². The Morgan fingerprint density at radius 1 is 1.14 bits per heavy atom. The van der Waals surface area contributed by atoms with Gasteiger partial charge in [0.1, 0.15) is 12.1 Å². The van der Waals surface area contributed by atoms with Crippen molar-refractivity contribution >= 4 is 22.0 Å². The van der Waals surface area contributed by atoms with Crippen molar-refractivity contribution < 1.29 is 18.0 Å². The lowest BCUT2D eigenvalue weighted by atomic mass is 10.0. The van der Waals surface area contributed by atoms with Crippen molar-refractivity contribution in [1.82, 2.24) is 19.7 Å². The summed E-state index contributed by atoms with van der Waals surface area (Å²) in [6.07, 6.45) is 0.537. The van der Waals surface area contributed by atoms with E-state index in [0.717, 1.165) is 5.56 Å². The Labute approximate surface area is 172 Å². The van der Waals surface area contributed by atoms with Crippen molar-refractivity contribution in [3.8, 4) is 0 Å². The normalized spacial score (nSPS) is 17.6. The van der Waals surface area contributed by atoms with E-state index in [4.69, 9.17) is 5.73 Å². The van der Waals surface area contributed by atoms with Crippen LogP contribution in [-0.2, 0) is 26.2 Å². The van der Waals surface area contributed by atoms with E-state index in [1.54, 1.807) is 0 Å². The van der Waals surface area contributed by atoms with E-state index in [0.29, 0.717) is 32.6 Å². The fourth-order valence-electron chi connectivity index (χ4n) is 3.17. The number of piperazine rings is 1. The van der Waals surface area contributed by atoms with Gasteiger partial charge in [-0.05, 0) is 24.3 Å². The van der Waals surface area contributed by atoms with Crippen molar-refractivity contribution in [3.05, 3.63) is 35.9 Å². The molecule has 2 amide bonds. The number of carbonyl (C=O) groups is 2. The van der Waals surface area contributed by atoms with Crippen molar-refractivity contribution in [3.63, 3.8) is 0 Å². The van der Waals surface area contributed by atoms with Crippen LogP contribution in [0.3, 0.4) is 0 Å². The number of amides is 2. The van der Waals surface area contributed by atoms with E-state index < -0.39 is 34.1 Å². The highest BCUT2D eigenvalue weighted by Crippen LogP contribution is 2.10. The Morgan fingerprint density at radius 2 is 1.76 bits per heavy atom. The molecular weight excluding hydrogens is 394 g/mol. The van der Waals surface area contributed by atoms with Gasteiger partial charge in [0.05, 0.1) is 0 Å². The van der Waals surface area contributed by atoms with Gasteiger partial charge in [-0.25, -0.2) is 0 Å². The van der Waals surface area contributed by atoms with E-state index in [2.05, 4.69) is 15.4 Å². The van der Waals surface area contributed by atoms with Crippen LogP contribution in [0.5, 0.6) is 0 Å². The lowest BCUT2D eigenvalue weighted by molar-refractivity contribution is -0.128. The number of nitrogens with two attached hydrogens (primary N) is 1. The molecule has 1 heterocycles. The second-order valence-electron chi connectivity index (χ2n) is 7.61. The van der Waals surface area contributed by atoms with Gasteiger partial charge < -0.3 is 16.4 Å². The van der Waals surface area contributed by atoms with E-state index in [9.17, 15) is 18.0 Å². The van der Waals surface area contributed by atoms with Gasteiger partial charge in [0, 0.05) is 26.2 Å². The maximum Gasteiger partial charge on any atom is 0.280 e. The van der Waals surface area contributed by atoms with Crippen LogP contribution in [0.4, 0.5) is 0 Å². The summed E-state index contributed by atoms with van der Waals surface area (Å²) in [5.74, 6) is -1.08. The maximum absolute atomic E-state index is 12.9. The van der Waals surface area contributed by atoms with E-state index in [1.165, 1.54) is 4.31 Å². The molecule has 29 heavy (non-hydrogen) atoms. The van der Waals surface area contributed by atoms with Crippen LogP contribution in [0.15, 0.2) is 30.3 Å². The predicted octanol–water partition coefficient (Wildman–Crippen LogP) is -0.646. The molecule has 1 aromatic rings. The largest absolute Gasteiger partial charge is 0.368 e. The number of benzene rings is 1. The molecule has 0 aliphatic carbocycles. The number of primary amides is 1. The molecule has 0 spiro atoms. The Balaban J connectivity index is 2.19. The molecule has 1 aliphatic rings. The van der Waals surface area contributed by atoms with Crippen LogP contribution in [-0.4, -0.2) is 62.8 Å². The average molecular weight is 426 g/mol. The summed E-state index contributed by atoms with van der Waals surface area (Å²) in [7, 11) is -3.86. The Kier molecular flexibility index (Phi) is 8.57. The first-order valence-corrected chi connectivity index (χ1v) is 11.2. The van der Waals surface area contributed by atoms with Crippen LogP contribution < -0.4 is 21.1 Å². The van der Waals surface area contributed by atoms with Gasteiger partial charge in [-0.1, -0.05) is 44.2 Å². The van der Waals surface area contributed by atoms with Crippen molar-refractivity contribution in [2.75, 3.05) is 26.2 Å². The Bertz CT molecular complexity index is 779. The molecule has 0 radical (unpaired) electrons. The molecule has 0 aromatic heterocycles. The van der Waals surface area contributed by atoms with Crippen LogP contribution in [0.25, 0.3) is 0 Å². The zero-order valence-electron chi connectivity index (χ0n) is 16.9. The van der Waals surface area contributed by atoms with Gasteiger partial charge in [0.25, 0.3) is 10.2 Å². The first-order valence-electron chi connectivity index (χ1n) is 9.80. The molecule has 0 bridgehead atoms. The first kappa shape index (κ1) is 23.3. The smallest absolute Gasteiger partial charge is 0.280 e. The number of hydrogen-bond donors (Lipinski definition) is 4. The monoisotopic (exact) mass is 425 g/mol. The fourth-order valence-corrected chi connectivity index (χ4v) is 4.53. The minimum Gasteiger partial charge on any atom is -0.368 e. The summed E-state index contributed by atoms with van der Waals surface area (Å²) in [5, 5.41) is 5.72. The SMILES string of the molecule is CC(C)C[C@H](NC(=O)[C@H](Cc1ccccc1)NS(=O)(=O)N1CCNCC1)C(N)=O. The molecule has 1 aliphatic heterocycles. The van der Waals surface area contributed by atoms with Crippen molar-refractivity contribution in [2.24, 2.45) is 11.7 Å². The van der Waals surface area contributed by atoms with Crippen LogP contribution in [0.2, 0.25) is 0 Å². The molecule has 0 unspecified atom stereocenters. The van der Waals surface area contributed by atoms with Gasteiger partial charge >= 0.3 is 0 Å². The summed E-state index contributed by atoms with van der Waals surface area (Å²) < 4.78 is 29.4. The molecule has 1 fully saturated rings. The highest BCUT2D eigenvalue weighted by Gasteiger charge is 2.32. The van der Waals surface area contributed by atoms with Gasteiger partial charge in [-0.3, -0.25) is 9.59 Å². The van der Waals surface area contributed by atoms with Crippen molar-refractivity contribution in [2.45, 2.75) is 38.8 Å². The fraction of sp³-hybridized carbons (Fsp3) is 0.579. The summed E-state index contributed by atoms with van der Waals surface area (Å²) in [6.45, 7) is 5.58. The first-order chi connectivity index (χ1) is 13.7. The molecule has 1 saturated heterocycles. The topological polar surface area (TPSA) is 134 Å². The summed E-state index contributed by atoms with van der Waals surface area (Å²) >= 11 is 0. The van der Waals surface area contributed by atoms with Crippen LogP contribution in [0, 0.1) is 5.92 Å². The minimum absolute atomic E-state index is 0.137. The molecule has 10 heteroatoms. The lowest BCUT2D eigenvalue weighted by Gasteiger charge is -2.29. The molecule has 2 rings (SSSR count). The highest BCUT2D eigenvalue weighted by atomic mass is 32.2. The second kappa shape index (κ2) is 10.7. The predicted molar refractivity (Wildman–Crippen MR) is 111 cm³/mol. The van der Waals surface area contributed by atoms with E-state index >= 15 is 0 Å². The quantitative estimate of drug-likeness (QED) is 0.395. The molecule has 5 N–H and O–H groups in total. The molecule has 0 saturated carbocycles. The Hall–Kier alpha value is -2.01. The lowest BCUT2D eigenvalue weighted by Crippen LogP contribution is -2.58. The third-order valence-electron chi connectivity index (χ3n) is 4.67. The second-order valence-corrected chi connectivity index (χ2v) is 9.31. The van der Waals surface area contributed by atoms with Gasteiger partial charge in [-0.2, -0.15) is 17.4 Å². The molecule has 9 nitrogen and oxygen atoms in total. The number of nitrogens with zero attached hydrogens (tertiary/aromatic N) is 1. The van der Waals surface area contributed by atoms with Crippen LogP contribution >= 0.6 is 0 Å². The number of nitrogens with one attached hydrogen (secondary N) is 3. The van der Waals surface area contributed by atoms with E-state index in [1.807, 2.05) is 44.2 Å². The molecule has 2 atom stereocenters. The highest BCUT2D eigenvalue weighted by molar-refractivity contribution is 7.87. The van der Waals surface area contributed by atoms with Crippen LogP contribution in [0.1, 0.15) is 25.8 Å². The standard InChI is InChI=1S/C19H31N5O4S/c1-14(2)12-16(18(20)25)22-19(26)17(13-15-6-4-3-5-7-15)23-29(27,28)24-10-8-21-9-11-24/h3-7,14,16-17,21,23H,8-13H2,1-2H3,(H2,20,25)(H,22,26)/t16-,17-/m0/s1. The van der Waals surface area contributed by atoms with Gasteiger partial charge in [-0.15, -0.1) is 0 Å². The molecule has 162 valence electrons. The third-order valence-corrected chi connectivity index (χ3v) is 6.30. The number of rotatable bonds is 10. The summed E-state index contributed by atoms with van der Waals surface area (Å²) in [5.41, 5.74) is 6.22. The molecular formula is C19H31N5O4S. The minimum atomic E-state index is -3.86. The average Bonchev–Trinajstić information content (AvgIpc) is 2.68. The molecule has 1 aromatic carbocycles. The zero-order valence-corrected chi connectivity index (χ0v) is 17.7. The summed E-state index contributed by atoms with van der Waals surface area (Å²) in [6, 6.07) is 7.20. The maximum atomic E-state index is 12.9. The zero-order chi connectivity index (χ0) is 21.4. The van der Waals surface area contributed by atoms with Gasteiger partial charge in [0.15, 0.2) is 0 Å². The Morgan fingerprint density at radius 3 is 2.31 bits per heavy atom. The van der Waals surface area contributed by atoms with Crippen molar-refractivity contribution in [1.29, 1.82) is 0 Å². The summed E-state index contributed by atoms with van der Waals surface area (Å²) in [4.78, 5) is 24.7.